The summed E-state index contributed by atoms with van der Waals surface area (Å²) in [6.07, 6.45) is 5.62. The van der Waals surface area contributed by atoms with Crippen LogP contribution in [0.4, 0.5) is 0 Å². The van der Waals surface area contributed by atoms with Crippen LogP contribution in [-0.2, 0) is 0 Å². The zero-order chi connectivity index (χ0) is 13.1. The van der Waals surface area contributed by atoms with Crippen LogP contribution in [0.1, 0.15) is 46.5 Å². The van der Waals surface area contributed by atoms with Crippen LogP contribution in [0.2, 0.25) is 0 Å². The van der Waals surface area contributed by atoms with Gasteiger partial charge in [0, 0.05) is 36.2 Å². The molecule has 3 heteroatoms. The van der Waals surface area contributed by atoms with Gasteiger partial charge in [-0.2, -0.15) is 11.8 Å². The SMILES string of the molecule is CC1CCC(C(CN)N2CC(C)SC(C)C2)CC1. The molecule has 2 nitrogen and oxygen atoms in total. The molecule has 0 radical (unpaired) electrons. The van der Waals surface area contributed by atoms with Gasteiger partial charge in [0.1, 0.15) is 0 Å². The summed E-state index contributed by atoms with van der Waals surface area (Å²) >= 11 is 2.14. The van der Waals surface area contributed by atoms with Crippen LogP contribution < -0.4 is 5.73 Å². The molecule has 3 unspecified atom stereocenters. The van der Waals surface area contributed by atoms with E-state index in [1.807, 2.05) is 0 Å². The van der Waals surface area contributed by atoms with Crippen molar-refractivity contribution in [2.24, 2.45) is 17.6 Å². The molecular weight excluding hydrogens is 240 g/mol. The van der Waals surface area contributed by atoms with Crippen LogP contribution in [0.3, 0.4) is 0 Å². The Labute approximate surface area is 117 Å². The molecule has 0 spiro atoms. The molecule has 2 aliphatic rings. The first-order chi connectivity index (χ1) is 8.60. The average molecular weight is 270 g/mol. The minimum atomic E-state index is 0.642. The summed E-state index contributed by atoms with van der Waals surface area (Å²) in [6.45, 7) is 10.5. The quantitative estimate of drug-likeness (QED) is 0.855. The number of rotatable bonds is 3. The second kappa shape index (κ2) is 6.62. The lowest BCUT2D eigenvalue weighted by atomic mass is 9.78. The third kappa shape index (κ3) is 3.64. The first-order valence-electron chi connectivity index (χ1n) is 7.69. The van der Waals surface area contributed by atoms with Crippen molar-refractivity contribution >= 4 is 11.8 Å². The Kier molecular flexibility index (Phi) is 5.40. The minimum absolute atomic E-state index is 0.642. The van der Waals surface area contributed by atoms with Gasteiger partial charge in [0.2, 0.25) is 0 Å². The minimum Gasteiger partial charge on any atom is -0.329 e. The Morgan fingerprint density at radius 2 is 1.61 bits per heavy atom. The fourth-order valence-corrected chi connectivity index (χ4v) is 5.15. The summed E-state index contributed by atoms with van der Waals surface area (Å²) < 4.78 is 0. The van der Waals surface area contributed by atoms with Crippen LogP contribution in [0.15, 0.2) is 0 Å². The second-order valence-electron chi connectivity index (χ2n) is 6.53. The van der Waals surface area contributed by atoms with Gasteiger partial charge >= 0.3 is 0 Å². The van der Waals surface area contributed by atoms with Crippen LogP contribution in [0.5, 0.6) is 0 Å². The molecule has 2 N–H and O–H groups in total. The van der Waals surface area contributed by atoms with E-state index in [2.05, 4.69) is 37.4 Å². The maximum Gasteiger partial charge on any atom is 0.0247 e. The van der Waals surface area contributed by atoms with Gasteiger partial charge in [-0.25, -0.2) is 0 Å². The number of thioether (sulfide) groups is 1. The maximum atomic E-state index is 6.11. The van der Waals surface area contributed by atoms with Gasteiger partial charge in [-0.1, -0.05) is 33.6 Å². The van der Waals surface area contributed by atoms with E-state index in [1.54, 1.807) is 0 Å². The molecule has 0 amide bonds. The number of hydrogen-bond acceptors (Lipinski definition) is 3. The monoisotopic (exact) mass is 270 g/mol. The van der Waals surface area contributed by atoms with Gasteiger partial charge in [0.05, 0.1) is 0 Å². The fourth-order valence-electron chi connectivity index (χ4n) is 3.80. The molecule has 18 heavy (non-hydrogen) atoms. The number of hydrogen-bond donors (Lipinski definition) is 1. The Morgan fingerprint density at radius 1 is 1.06 bits per heavy atom. The van der Waals surface area contributed by atoms with E-state index in [0.717, 1.165) is 28.9 Å². The Balaban J connectivity index is 1.95. The van der Waals surface area contributed by atoms with Crippen LogP contribution >= 0.6 is 11.8 Å². The molecule has 1 aliphatic carbocycles. The zero-order valence-corrected chi connectivity index (χ0v) is 13.1. The zero-order valence-electron chi connectivity index (χ0n) is 12.3. The van der Waals surface area contributed by atoms with Gasteiger partial charge in [-0.15, -0.1) is 0 Å². The molecule has 1 saturated carbocycles. The Morgan fingerprint density at radius 3 is 2.11 bits per heavy atom. The van der Waals surface area contributed by atoms with Crippen LogP contribution in [0.25, 0.3) is 0 Å². The van der Waals surface area contributed by atoms with E-state index >= 15 is 0 Å². The van der Waals surface area contributed by atoms with Crippen molar-refractivity contribution in [3.63, 3.8) is 0 Å². The first kappa shape index (κ1) is 14.7. The van der Waals surface area contributed by atoms with Crippen molar-refractivity contribution in [1.29, 1.82) is 0 Å². The van der Waals surface area contributed by atoms with E-state index in [1.165, 1.54) is 38.8 Å². The lowest BCUT2D eigenvalue weighted by molar-refractivity contribution is 0.110. The normalized spacial score (nSPS) is 40.7. The smallest absolute Gasteiger partial charge is 0.0247 e. The van der Waals surface area contributed by atoms with Crippen molar-refractivity contribution in [2.75, 3.05) is 19.6 Å². The lowest BCUT2D eigenvalue weighted by Crippen LogP contribution is -2.52. The lowest BCUT2D eigenvalue weighted by Gasteiger charge is -2.44. The van der Waals surface area contributed by atoms with Gasteiger partial charge < -0.3 is 5.73 Å². The van der Waals surface area contributed by atoms with Crippen molar-refractivity contribution in [3.05, 3.63) is 0 Å². The van der Waals surface area contributed by atoms with Crippen LogP contribution in [-0.4, -0.2) is 41.1 Å². The van der Waals surface area contributed by atoms with Gasteiger partial charge in [0.25, 0.3) is 0 Å². The van der Waals surface area contributed by atoms with E-state index in [4.69, 9.17) is 5.73 Å². The van der Waals surface area contributed by atoms with Crippen molar-refractivity contribution in [3.8, 4) is 0 Å². The molecule has 0 aromatic rings. The van der Waals surface area contributed by atoms with Crippen LogP contribution in [0, 0.1) is 11.8 Å². The molecule has 106 valence electrons. The third-order valence-corrected chi connectivity index (χ3v) is 5.99. The molecule has 1 aliphatic heterocycles. The Hall–Kier alpha value is 0.270. The fraction of sp³-hybridized carbons (Fsp3) is 1.00. The topological polar surface area (TPSA) is 29.3 Å². The van der Waals surface area contributed by atoms with Gasteiger partial charge in [-0.3, -0.25) is 4.90 Å². The summed E-state index contributed by atoms with van der Waals surface area (Å²) in [5, 5.41) is 1.54. The molecule has 2 fully saturated rings. The number of nitrogens with two attached hydrogens (primary N) is 1. The van der Waals surface area contributed by atoms with Gasteiger partial charge in [0.15, 0.2) is 0 Å². The predicted molar refractivity (Wildman–Crippen MR) is 82.1 cm³/mol. The highest BCUT2D eigenvalue weighted by atomic mass is 32.2. The van der Waals surface area contributed by atoms with E-state index in [-0.39, 0.29) is 0 Å². The molecule has 3 atom stereocenters. The highest BCUT2D eigenvalue weighted by Gasteiger charge is 2.33. The van der Waals surface area contributed by atoms with Crippen molar-refractivity contribution in [2.45, 2.75) is 63.0 Å². The van der Waals surface area contributed by atoms with E-state index < -0.39 is 0 Å². The summed E-state index contributed by atoms with van der Waals surface area (Å²) in [6, 6.07) is 0.642. The molecule has 1 saturated heterocycles. The molecule has 1 heterocycles. The molecule has 0 aromatic heterocycles. The maximum absolute atomic E-state index is 6.11. The van der Waals surface area contributed by atoms with Gasteiger partial charge in [-0.05, 0) is 24.7 Å². The average Bonchev–Trinajstić information content (AvgIpc) is 2.31. The van der Waals surface area contributed by atoms with Crippen molar-refractivity contribution in [1.82, 2.24) is 4.90 Å². The molecular formula is C15H30N2S. The first-order valence-corrected chi connectivity index (χ1v) is 8.64. The summed E-state index contributed by atoms with van der Waals surface area (Å²) in [7, 11) is 0. The molecule has 0 aromatic carbocycles. The molecule has 0 bridgehead atoms. The largest absolute Gasteiger partial charge is 0.329 e. The Bertz CT molecular complexity index is 241. The van der Waals surface area contributed by atoms with E-state index in [0.29, 0.717) is 6.04 Å². The second-order valence-corrected chi connectivity index (χ2v) is 8.42. The number of nitrogens with zero attached hydrogens (tertiary/aromatic N) is 1. The predicted octanol–water partition coefficient (Wildman–Crippen LogP) is 2.97. The molecule has 2 rings (SSSR count). The third-order valence-electron chi connectivity index (χ3n) is 4.76. The standard InChI is InChI=1S/C15H30N2S/c1-11-4-6-14(7-5-11)15(8-16)17-9-12(2)18-13(3)10-17/h11-15H,4-10,16H2,1-3H3. The highest BCUT2D eigenvalue weighted by molar-refractivity contribution is 8.00. The summed E-state index contributed by atoms with van der Waals surface area (Å²) in [5.74, 6) is 1.79. The van der Waals surface area contributed by atoms with E-state index in [9.17, 15) is 0 Å². The highest BCUT2D eigenvalue weighted by Crippen LogP contribution is 2.34. The summed E-state index contributed by atoms with van der Waals surface area (Å²) in [4.78, 5) is 2.70. The van der Waals surface area contributed by atoms with Crippen molar-refractivity contribution < 1.29 is 0 Å². The summed E-state index contributed by atoms with van der Waals surface area (Å²) in [5.41, 5.74) is 6.11.